The Morgan fingerprint density at radius 2 is 1.72 bits per heavy atom. The van der Waals surface area contributed by atoms with E-state index in [4.69, 9.17) is 4.74 Å². The Bertz CT molecular complexity index is 315. The van der Waals surface area contributed by atoms with E-state index in [1.54, 1.807) is 0 Å². The second-order valence-corrected chi connectivity index (χ2v) is 5.88. The molecule has 104 valence electrons. The van der Waals surface area contributed by atoms with Crippen molar-refractivity contribution < 1.29 is 19.1 Å². The van der Waals surface area contributed by atoms with Gasteiger partial charge in [0.1, 0.15) is 12.5 Å². The van der Waals surface area contributed by atoms with E-state index in [0.717, 1.165) is 6.42 Å². The molecule has 0 saturated carbocycles. The normalized spacial score (nSPS) is 12.4. The summed E-state index contributed by atoms with van der Waals surface area (Å²) in [6, 6.07) is 0. The molecule has 0 aliphatic carbocycles. The van der Waals surface area contributed by atoms with Crippen molar-refractivity contribution >= 4 is 38.4 Å². The molecule has 0 aliphatic heterocycles. The highest BCUT2D eigenvalue weighted by atomic mass is 127. The summed E-state index contributed by atoms with van der Waals surface area (Å²) in [6.45, 7) is 8.03. The highest BCUT2D eigenvalue weighted by Gasteiger charge is 2.21. The summed E-state index contributed by atoms with van der Waals surface area (Å²) in [4.78, 5) is 33.3. The van der Waals surface area contributed by atoms with Gasteiger partial charge in [-0.25, -0.2) is 0 Å². The van der Waals surface area contributed by atoms with E-state index in [1.807, 2.05) is 33.0 Å². The van der Waals surface area contributed by atoms with Crippen molar-refractivity contribution in [3.8, 4) is 0 Å². The molecule has 0 aromatic rings. The fraction of sp³-hybridized carbons (Fsp3) is 0.750. The van der Waals surface area contributed by atoms with E-state index in [9.17, 15) is 14.4 Å². The standard InChI is InChI=1S/C12H20INO4/c1-7(2)5-9(8(3)4)18-11(16)6-10(15)14-12(13)17/h7-9H,5-6H2,1-4H3,(H,14,15,17). The van der Waals surface area contributed by atoms with Gasteiger partial charge in [-0.1, -0.05) is 27.7 Å². The molecule has 18 heavy (non-hydrogen) atoms. The molecule has 6 heteroatoms. The lowest BCUT2D eigenvalue weighted by atomic mass is 9.97. The molecule has 0 radical (unpaired) electrons. The van der Waals surface area contributed by atoms with Gasteiger partial charge in [-0.05, 0) is 18.3 Å². The number of imide groups is 1. The SMILES string of the molecule is CC(C)CC(OC(=O)CC(=O)NC(=O)I)C(C)C. The Labute approximate surface area is 121 Å². The number of amides is 2. The zero-order chi connectivity index (χ0) is 14.3. The molecular weight excluding hydrogens is 349 g/mol. The maximum atomic E-state index is 11.5. The van der Waals surface area contributed by atoms with Crippen molar-refractivity contribution in [2.24, 2.45) is 11.8 Å². The monoisotopic (exact) mass is 369 g/mol. The van der Waals surface area contributed by atoms with Gasteiger partial charge < -0.3 is 4.74 Å². The number of hydrogen-bond acceptors (Lipinski definition) is 4. The number of carbonyl (C=O) groups excluding carboxylic acids is 3. The molecule has 0 fully saturated rings. The Morgan fingerprint density at radius 1 is 1.17 bits per heavy atom. The van der Waals surface area contributed by atoms with E-state index in [1.165, 1.54) is 22.6 Å². The van der Waals surface area contributed by atoms with Crippen LogP contribution in [0.4, 0.5) is 4.79 Å². The average molecular weight is 369 g/mol. The van der Waals surface area contributed by atoms with Gasteiger partial charge in [0.25, 0.3) is 3.91 Å². The fourth-order valence-electron chi connectivity index (χ4n) is 1.42. The van der Waals surface area contributed by atoms with E-state index in [0.29, 0.717) is 5.92 Å². The summed E-state index contributed by atoms with van der Waals surface area (Å²) in [5, 5.41) is 2.02. The van der Waals surface area contributed by atoms with E-state index in [2.05, 4.69) is 0 Å². The smallest absolute Gasteiger partial charge is 0.315 e. The second kappa shape index (κ2) is 8.44. The molecule has 0 aromatic heterocycles. The average Bonchev–Trinajstić information content (AvgIpc) is 2.13. The lowest BCUT2D eigenvalue weighted by Gasteiger charge is -2.22. The van der Waals surface area contributed by atoms with E-state index in [-0.39, 0.29) is 12.0 Å². The zero-order valence-electron chi connectivity index (χ0n) is 11.2. The number of carbonyl (C=O) groups is 3. The first kappa shape index (κ1) is 17.3. The van der Waals surface area contributed by atoms with E-state index >= 15 is 0 Å². The van der Waals surface area contributed by atoms with Gasteiger partial charge in [0.15, 0.2) is 0 Å². The summed E-state index contributed by atoms with van der Waals surface area (Å²) >= 11 is 1.43. The first-order valence-electron chi connectivity index (χ1n) is 5.91. The second-order valence-electron chi connectivity index (χ2n) is 4.90. The summed E-state index contributed by atoms with van der Waals surface area (Å²) in [7, 11) is 0. The van der Waals surface area contributed by atoms with Crippen molar-refractivity contribution in [1.29, 1.82) is 0 Å². The molecule has 0 aromatic carbocycles. The Morgan fingerprint density at radius 3 is 2.11 bits per heavy atom. The fourth-order valence-corrected chi connectivity index (χ4v) is 1.72. The van der Waals surface area contributed by atoms with Crippen LogP contribution in [0.3, 0.4) is 0 Å². The van der Waals surface area contributed by atoms with Crippen LogP contribution in [0.5, 0.6) is 0 Å². The molecule has 2 amide bonds. The van der Waals surface area contributed by atoms with Crippen molar-refractivity contribution in [3.63, 3.8) is 0 Å². The topological polar surface area (TPSA) is 72.5 Å². The largest absolute Gasteiger partial charge is 0.462 e. The third-order valence-corrected chi connectivity index (χ3v) is 2.54. The third kappa shape index (κ3) is 8.43. The third-order valence-electron chi connectivity index (χ3n) is 2.27. The number of halogens is 1. The molecule has 0 heterocycles. The Hall–Kier alpha value is -0.660. The lowest BCUT2D eigenvalue weighted by Crippen LogP contribution is -2.31. The minimum Gasteiger partial charge on any atom is -0.462 e. The summed E-state index contributed by atoms with van der Waals surface area (Å²) in [6.07, 6.45) is 0.146. The van der Waals surface area contributed by atoms with Crippen LogP contribution in [0.15, 0.2) is 0 Å². The highest BCUT2D eigenvalue weighted by molar-refractivity contribution is 14.1. The molecule has 0 rings (SSSR count). The number of esters is 1. The van der Waals surface area contributed by atoms with Crippen LogP contribution in [0, 0.1) is 11.8 Å². The number of nitrogens with one attached hydrogen (secondary N) is 1. The van der Waals surface area contributed by atoms with Crippen molar-refractivity contribution in [1.82, 2.24) is 5.32 Å². The van der Waals surface area contributed by atoms with Crippen molar-refractivity contribution in [3.05, 3.63) is 0 Å². The summed E-state index contributed by atoms with van der Waals surface area (Å²) < 4.78 is 4.75. The first-order valence-corrected chi connectivity index (χ1v) is 6.99. The van der Waals surface area contributed by atoms with Crippen LogP contribution >= 0.6 is 22.6 Å². The number of rotatable bonds is 6. The highest BCUT2D eigenvalue weighted by Crippen LogP contribution is 2.17. The number of ether oxygens (including phenoxy) is 1. The van der Waals surface area contributed by atoms with Crippen LogP contribution < -0.4 is 5.32 Å². The predicted molar refractivity (Wildman–Crippen MR) is 76.3 cm³/mol. The van der Waals surface area contributed by atoms with Gasteiger partial charge in [-0.3, -0.25) is 19.7 Å². The summed E-state index contributed by atoms with van der Waals surface area (Å²) in [5.74, 6) is -0.614. The molecule has 1 atom stereocenters. The van der Waals surface area contributed by atoms with Crippen LogP contribution in [-0.4, -0.2) is 21.9 Å². The maximum Gasteiger partial charge on any atom is 0.315 e. The minimum absolute atomic E-state index is 0.194. The predicted octanol–water partition coefficient (Wildman–Crippen LogP) is 2.66. The van der Waals surface area contributed by atoms with Crippen LogP contribution in [0.2, 0.25) is 0 Å². The molecule has 1 N–H and O–H groups in total. The van der Waals surface area contributed by atoms with Gasteiger partial charge >= 0.3 is 5.97 Å². The van der Waals surface area contributed by atoms with Crippen molar-refractivity contribution in [2.75, 3.05) is 0 Å². The van der Waals surface area contributed by atoms with Crippen LogP contribution in [-0.2, 0) is 14.3 Å². The molecule has 0 bridgehead atoms. The Balaban J connectivity index is 4.25. The first-order chi connectivity index (χ1) is 8.22. The van der Waals surface area contributed by atoms with Gasteiger partial charge in [0.2, 0.25) is 5.91 Å². The molecule has 5 nitrogen and oxygen atoms in total. The number of hydrogen-bond donors (Lipinski definition) is 1. The molecular formula is C12H20INO4. The molecule has 0 aliphatic rings. The van der Waals surface area contributed by atoms with Gasteiger partial charge in [0.05, 0.1) is 0 Å². The minimum atomic E-state index is -0.633. The summed E-state index contributed by atoms with van der Waals surface area (Å²) in [5.41, 5.74) is 0. The van der Waals surface area contributed by atoms with Gasteiger partial charge in [0, 0.05) is 22.6 Å². The van der Waals surface area contributed by atoms with Crippen molar-refractivity contribution in [2.45, 2.75) is 46.6 Å². The van der Waals surface area contributed by atoms with Crippen LogP contribution in [0.1, 0.15) is 40.5 Å². The lowest BCUT2D eigenvalue weighted by molar-refractivity contribution is -0.153. The zero-order valence-corrected chi connectivity index (χ0v) is 13.3. The van der Waals surface area contributed by atoms with Gasteiger partial charge in [-0.15, -0.1) is 0 Å². The Kier molecular flexibility index (Phi) is 8.13. The van der Waals surface area contributed by atoms with Gasteiger partial charge in [-0.2, -0.15) is 0 Å². The quantitative estimate of drug-likeness (QED) is 0.257. The molecule has 0 saturated heterocycles. The van der Waals surface area contributed by atoms with E-state index < -0.39 is 22.2 Å². The maximum absolute atomic E-state index is 11.5. The molecule has 1 unspecified atom stereocenters. The van der Waals surface area contributed by atoms with Crippen LogP contribution in [0.25, 0.3) is 0 Å². The molecule has 0 spiro atoms.